The van der Waals surface area contributed by atoms with Crippen molar-refractivity contribution in [3.05, 3.63) is 58.0 Å². The molecule has 0 spiro atoms. The Bertz CT molecular complexity index is 160. The SMILES string of the molecule is C=C([CH2-])C.[CH2-]C=N.[CH3-].[Ni].[c-]1ccc[nH]1. The van der Waals surface area contributed by atoms with Gasteiger partial charge < -0.3 is 24.7 Å². The number of hydrogen-bond donors (Lipinski definition) is 2. The molecule has 0 unspecified atom stereocenters. The van der Waals surface area contributed by atoms with Gasteiger partial charge >= 0.3 is 0 Å². The third kappa shape index (κ3) is 69.9. The quantitative estimate of drug-likeness (QED) is 0.395. The van der Waals surface area contributed by atoms with Crippen LogP contribution in [0.25, 0.3) is 0 Å². The molecule has 14 heavy (non-hydrogen) atoms. The summed E-state index contributed by atoms with van der Waals surface area (Å²) >= 11 is 0. The summed E-state index contributed by atoms with van der Waals surface area (Å²) in [5, 5.41) is 5.97. The molecule has 1 aromatic rings. The van der Waals surface area contributed by atoms with E-state index in [1.54, 1.807) is 0 Å². The van der Waals surface area contributed by atoms with Crippen LogP contribution in [0, 0.1) is 32.9 Å². The standard InChI is InChI=1S/C4H4N.C4H7.C2H4N.CH3.Ni/c1-2-4-5-3-1;1-4(2)3;1-2-3;;/h1-3,5H;1-2H2,3H3;2-3H,1H2;1H3;/q4*-1;. The van der Waals surface area contributed by atoms with Crippen molar-refractivity contribution in [3.8, 4) is 0 Å². The molecule has 0 amide bonds. The van der Waals surface area contributed by atoms with Crippen LogP contribution in [0.15, 0.2) is 30.5 Å². The van der Waals surface area contributed by atoms with Gasteiger partial charge in [-0.2, -0.15) is 18.3 Å². The summed E-state index contributed by atoms with van der Waals surface area (Å²) in [6.45, 7) is 11.8. The molecule has 0 bridgehead atoms. The minimum Gasteiger partial charge on any atom is -0.484 e. The zero-order valence-electron chi connectivity index (χ0n) is 8.75. The minimum atomic E-state index is 0. The molecule has 1 heterocycles. The topological polar surface area (TPSA) is 39.6 Å². The average Bonchev–Trinajstić information content (AvgIpc) is 2.40. The summed E-state index contributed by atoms with van der Waals surface area (Å²) in [5.41, 5.74) is 0.917. The van der Waals surface area contributed by atoms with E-state index < -0.39 is 0 Å². The third-order valence-electron chi connectivity index (χ3n) is 0.442. The maximum Gasteiger partial charge on any atom is 0 e. The Hall–Kier alpha value is -1.08. The molecule has 2 N–H and O–H groups in total. The van der Waals surface area contributed by atoms with E-state index in [4.69, 9.17) is 5.41 Å². The van der Waals surface area contributed by atoms with Crippen LogP contribution in [-0.4, -0.2) is 11.2 Å². The van der Waals surface area contributed by atoms with Gasteiger partial charge in [-0.25, -0.2) is 19.1 Å². The summed E-state index contributed by atoms with van der Waals surface area (Å²) in [6.07, 6.45) is 5.56. The summed E-state index contributed by atoms with van der Waals surface area (Å²) in [7, 11) is 0. The van der Waals surface area contributed by atoms with Gasteiger partial charge in [-0.15, -0.1) is 12.4 Å². The molecule has 0 saturated heterocycles. The van der Waals surface area contributed by atoms with Gasteiger partial charge in [0.15, 0.2) is 0 Å². The predicted octanol–water partition coefficient (Wildman–Crippen LogP) is 3.13. The monoisotopic (exact) mass is 236 g/mol. The molecule has 0 aliphatic heterocycles. The van der Waals surface area contributed by atoms with Gasteiger partial charge in [0.05, 0.1) is 0 Å². The zero-order chi connectivity index (χ0) is 9.82. The van der Waals surface area contributed by atoms with Crippen molar-refractivity contribution in [2.24, 2.45) is 0 Å². The number of aromatic amines is 1. The molecule has 2 nitrogen and oxygen atoms in total. The van der Waals surface area contributed by atoms with Crippen LogP contribution in [0.4, 0.5) is 0 Å². The Morgan fingerprint density at radius 1 is 1.64 bits per heavy atom. The Kier molecular flexibility index (Phi) is 37.3. The van der Waals surface area contributed by atoms with Crippen LogP contribution in [0.1, 0.15) is 6.92 Å². The Balaban J connectivity index is -0.0000000519. The van der Waals surface area contributed by atoms with Crippen molar-refractivity contribution in [3.63, 3.8) is 0 Å². The molecule has 1 rings (SSSR count). The van der Waals surface area contributed by atoms with Crippen LogP contribution in [0.2, 0.25) is 0 Å². The molecule has 0 aromatic carbocycles. The molecule has 3 heteroatoms. The largest absolute Gasteiger partial charge is 0.484 e. The first-order chi connectivity index (χ1) is 5.65. The van der Waals surface area contributed by atoms with Crippen molar-refractivity contribution in [1.82, 2.24) is 4.98 Å². The van der Waals surface area contributed by atoms with E-state index in [0.29, 0.717) is 0 Å². The molecular formula is C11H18N2Ni-4. The first-order valence-corrected chi connectivity index (χ1v) is 3.40. The second kappa shape index (κ2) is 22.7. The van der Waals surface area contributed by atoms with E-state index in [1.165, 1.54) is 0 Å². The normalized spacial score (nSPS) is 5.50. The molecule has 0 radical (unpaired) electrons. The van der Waals surface area contributed by atoms with Crippen LogP contribution in [0.3, 0.4) is 0 Å². The van der Waals surface area contributed by atoms with Gasteiger partial charge in [-0.05, 0) is 0 Å². The fourth-order valence-corrected chi connectivity index (χ4v) is 0.241. The summed E-state index contributed by atoms with van der Waals surface area (Å²) in [4.78, 5) is 2.74. The molecular weight excluding hydrogens is 219 g/mol. The van der Waals surface area contributed by atoms with Crippen molar-refractivity contribution in [2.45, 2.75) is 6.92 Å². The molecule has 0 atom stereocenters. The van der Waals surface area contributed by atoms with Crippen molar-refractivity contribution < 1.29 is 16.5 Å². The van der Waals surface area contributed by atoms with Crippen molar-refractivity contribution in [1.29, 1.82) is 5.41 Å². The van der Waals surface area contributed by atoms with E-state index in [2.05, 4.69) is 31.6 Å². The van der Waals surface area contributed by atoms with E-state index in [1.807, 2.05) is 25.3 Å². The van der Waals surface area contributed by atoms with E-state index in [0.717, 1.165) is 11.8 Å². The maximum absolute atomic E-state index is 5.97. The molecule has 0 fully saturated rings. The maximum atomic E-state index is 5.97. The minimum absolute atomic E-state index is 0. The number of nitrogens with one attached hydrogen (secondary N) is 2. The molecule has 0 saturated carbocycles. The van der Waals surface area contributed by atoms with Gasteiger partial charge in [0.1, 0.15) is 0 Å². The number of hydrogen-bond acceptors (Lipinski definition) is 1. The predicted molar refractivity (Wildman–Crippen MR) is 60.4 cm³/mol. The summed E-state index contributed by atoms with van der Waals surface area (Å²) in [5.74, 6) is 0. The van der Waals surface area contributed by atoms with Crippen molar-refractivity contribution in [2.75, 3.05) is 0 Å². The van der Waals surface area contributed by atoms with Crippen LogP contribution < -0.4 is 0 Å². The van der Waals surface area contributed by atoms with Gasteiger partial charge in [-0.3, -0.25) is 0 Å². The third-order valence-corrected chi connectivity index (χ3v) is 0.442. The van der Waals surface area contributed by atoms with Gasteiger partial charge in [0.2, 0.25) is 0 Å². The van der Waals surface area contributed by atoms with Gasteiger partial charge in [-0.1, -0.05) is 6.92 Å². The van der Waals surface area contributed by atoms with Gasteiger partial charge in [0.25, 0.3) is 0 Å². The Labute approximate surface area is 98.3 Å². The second-order valence-corrected chi connectivity index (χ2v) is 1.98. The van der Waals surface area contributed by atoms with Crippen LogP contribution in [0.5, 0.6) is 0 Å². The van der Waals surface area contributed by atoms with Crippen LogP contribution in [-0.2, 0) is 16.5 Å². The smallest absolute Gasteiger partial charge is 0 e. The number of H-pyrrole nitrogens is 1. The molecule has 86 valence electrons. The van der Waals surface area contributed by atoms with Gasteiger partial charge in [0, 0.05) is 16.5 Å². The van der Waals surface area contributed by atoms with E-state index >= 15 is 0 Å². The fraction of sp³-hybridized carbons (Fsp3) is 0.0909. The first kappa shape index (κ1) is 23.1. The molecule has 0 aliphatic carbocycles. The second-order valence-electron chi connectivity index (χ2n) is 1.98. The first-order valence-electron chi connectivity index (χ1n) is 3.40. The van der Waals surface area contributed by atoms with E-state index in [-0.39, 0.29) is 23.9 Å². The summed E-state index contributed by atoms with van der Waals surface area (Å²) in [6, 6.07) is 3.71. The molecule has 0 aliphatic rings. The zero-order valence-corrected chi connectivity index (χ0v) is 9.73. The van der Waals surface area contributed by atoms with Crippen LogP contribution >= 0.6 is 0 Å². The summed E-state index contributed by atoms with van der Waals surface area (Å²) < 4.78 is 0. The molecule has 1 aromatic heterocycles. The number of allylic oxidation sites excluding steroid dienone is 1. The Morgan fingerprint density at radius 2 is 2.00 bits per heavy atom. The Morgan fingerprint density at radius 3 is 2.07 bits per heavy atom. The number of aromatic nitrogens is 1. The van der Waals surface area contributed by atoms with Crippen molar-refractivity contribution >= 4 is 6.21 Å². The van der Waals surface area contributed by atoms with E-state index in [9.17, 15) is 0 Å². The average molecular weight is 237 g/mol. The fourth-order valence-electron chi connectivity index (χ4n) is 0.241. The number of rotatable bonds is 0.